The van der Waals surface area contributed by atoms with E-state index >= 15 is 0 Å². The number of guanidine groups is 1. The van der Waals surface area contributed by atoms with E-state index in [1.807, 2.05) is 6.07 Å². The lowest BCUT2D eigenvalue weighted by atomic mass is 10.2. The molecule has 0 aromatic heterocycles. The molecule has 4 N–H and O–H groups in total. The molecule has 1 rings (SSSR count). The van der Waals surface area contributed by atoms with Crippen LogP contribution >= 0.6 is 15.9 Å². The lowest BCUT2D eigenvalue weighted by Gasteiger charge is -2.03. The van der Waals surface area contributed by atoms with E-state index in [1.54, 1.807) is 18.2 Å². The van der Waals surface area contributed by atoms with Crippen molar-refractivity contribution in [2.45, 2.75) is 0 Å². The zero-order chi connectivity index (χ0) is 12.0. The summed E-state index contributed by atoms with van der Waals surface area (Å²) in [5.41, 5.74) is 10.7. The Kier molecular flexibility index (Phi) is 4.78. The number of nitrogens with two attached hydrogens (primary N) is 2. The van der Waals surface area contributed by atoms with E-state index in [1.165, 1.54) is 0 Å². The molecule has 0 heterocycles. The van der Waals surface area contributed by atoms with Crippen molar-refractivity contribution in [2.75, 3.05) is 13.2 Å². The van der Waals surface area contributed by atoms with Crippen molar-refractivity contribution in [3.05, 3.63) is 34.3 Å². The number of nitrogens with zero attached hydrogens (tertiary/aromatic N) is 1. The Morgan fingerprint density at radius 1 is 1.44 bits per heavy atom. The molecule has 0 atom stereocenters. The van der Waals surface area contributed by atoms with Crippen molar-refractivity contribution < 1.29 is 9.53 Å². The fourth-order valence-corrected chi connectivity index (χ4v) is 1.41. The monoisotopic (exact) mass is 285 g/mol. The summed E-state index contributed by atoms with van der Waals surface area (Å²) >= 11 is 3.27. The van der Waals surface area contributed by atoms with E-state index in [0.717, 1.165) is 4.47 Å². The summed E-state index contributed by atoms with van der Waals surface area (Å²) in [7, 11) is 0. The van der Waals surface area contributed by atoms with Crippen LogP contribution in [0.1, 0.15) is 10.4 Å². The van der Waals surface area contributed by atoms with Crippen LogP contribution in [-0.4, -0.2) is 25.1 Å². The molecular formula is C10H12BrN3O2. The quantitative estimate of drug-likeness (QED) is 0.372. The van der Waals surface area contributed by atoms with Gasteiger partial charge in [0, 0.05) is 4.47 Å². The Morgan fingerprint density at radius 2 is 2.19 bits per heavy atom. The van der Waals surface area contributed by atoms with Crippen LogP contribution < -0.4 is 11.5 Å². The molecule has 6 heteroatoms. The van der Waals surface area contributed by atoms with Gasteiger partial charge in [-0.2, -0.15) is 0 Å². The van der Waals surface area contributed by atoms with Crippen LogP contribution in [0.5, 0.6) is 0 Å². The normalized spacial score (nSPS) is 9.56. The van der Waals surface area contributed by atoms with Crippen molar-refractivity contribution in [2.24, 2.45) is 16.5 Å². The average Bonchev–Trinajstić information content (AvgIpc) is 2.24. The van der Waals surface area contributed by atoms with Crippen LogP contribution in [-0.2, 0) is 4.74 Å². The number of hydrogen-bond donors (Lipinski definition) is 2. The number of halogens is 1. The van der Waals surface area contributed by atoms with Gasteiger partial charge in [0.1, 0.15) is 6.61 Å². The number of carbonyl (C=O) groups is 1. The van der Waals surface area contributed by atoms with Crippen LogP contribution in [0.4, 0.5) is 0 Å². The highest BCUT2D eigenvalue weighted by Gasteiger charge is 2.06. The number of esters is 1. The minimum atomic E-state index is -0.396. The van der Waals surface area contributed by atoms with Gasteiger partial charge in [0.15, 0.2) is 5.96 Å². The fourth-order valence-electron chi connectivity index (χ4n) is 1.01. The Morgan fingerprint density at radius 3 is 2.81 bits per heavy atom. The van der Waals surface area contributed by atoms with Crippen molar-refractivity contribution in [1.29, 1.82) is 0 Å². The first-order chi connectivity index (χ1) is 7.59. The van der Waals surface area contributed by atoms with Gasteiger partial charge in [0.25, 0.3) is 0 Å². The lowest BCUT2D eigenvalue weighted by Crippen LogP contribution is -2.23. The van der Waals surface area contributed by atoms with Gasteiger partial charge in [-0.3, -0.25) is 4.99 Å². The highest BCUT2D eigenvalue weighted by Crippen LogP contribution is 2.12. The molecule has 0 fully saturated rings. The zero-order valence-electron chi connectivity index (χ0n) is 8.52. The van der Waals surface area contributed by atoms with Gasteiger partial charge >= 0.3 is 5.97 Å². The van der Waals surface area contributed by atoms with Crippen LogP contribution in [0.2, 0.25) is 0 Å². The van der Waals surface area contributed by atoms with Gasteiger partial charge < -0.3 is 16.2 Å². The van der Waals surface area contributed by atoms with E-state index in [0.29, 0.717) is 5.56 Å². The minimum absolute atomic E-state index is 0.0153. The van der Waals surface area contributed by atoms with Crippen molar-refractivity contribution >= 4 is 27.9 Å². The minimum Gasteiger partial charge on any atom is -0.460 e. The average molecular weight is 286 g/mol. The van der Waals surface area contributed by atoms with Gasteiger partial charge in [-0.1, -0.05) is 22.0 Å². The molecule has 0 bridgehead atoms. The second-order valence-corrected chi connectivity index (χ2v) is 3.87. The molecule has 0 aliphatic carbocycles. The Hall–Kier alpha value is -1.56. The first kappa shape index (κ1) is 12.5. The van der Waals surface area contributed by atoms with E-state index in [9.17, 15) is 4.79 Å². The molecule has 86 valence electrons. The van der Waals surface area contributed by atoms with Crippen LogP contribution in [0.15, 0.2) is 33.7 Å². The van der Waals surface area contributed by atoms with Gasteiger partial charge in [-0.15, -0.1) is 0 Å². The van der Waals surface area contributed by atoms with Gasteiger partial charge in [0.2, 0.25) is 0 Å². The molecule has 0 aliphatic heterocycles. The number of benzene rings is 1. The lowest BCUT2D eigenvalue weighted by molar-refractivity contribution is 0.0517. The van der Waals surface area contributed by atoms with Crippen LogP contribution in [0.3, 0.4) is 0 Å². The van der Waals surface area contributed by atoms with Crippen molar-refractivity contribution in [3.63, 3.8) is 0 Å². The third-order valence-electron chi connectivity index (χ3n) is 1.68. The third-order valence-corrected chi connectivity index (χ3v) is 2.17. The summed E-state index contributed by atoms with van der Waals surface area (Å²) in [5, 5.41) is 0. The predicted molar refractivity (Wildman–Crippen MR) is 65.1 cm³/mol. The second-order valence-electron chi connectivity index (χ2n) is 2.95. The van der Waals surface area contributed by atoms with Gasteiger partial charge in [0.05, 0.1) is 12.1 Å². The van der Waals surface area contributed by atoms with Crippen LogP contribution in [0, 0.1) is 0 Å². The fraction of sp³-hybridized carbons (Fsp3) is 0.200. The maximum absolute atomic E-state index is 11.5. The molecule has 0 aliphatic rings. The summed E-state index contributed by atoms with van der Waals surface area (Å²) < 4.78 is 5.78. The topological polar surface area (TPSA) is 90.7 Å². The van der Waals surface area contributed by atoms with E-state index in [-0.39, 0.29) is 19.1 Å². The summed E-state index contributed by atoms with van der Waals surface area (Å²) in [5.74, 6) is -0.411. The first-order valence-corrected chi connectivity index (χ1v) is 5.37. The molecule has 1 aromatic rings. The van der Waals surface area contributed by atoms with Gasteiger partial charge in [-0.25, -0.2) is 4.79 Å². The second kappa shape index (κ2) is 6.12. The number of hydrogen-bond acceptors (Lipinski definition) is 3. The van der Waals surface area contributed by atoms with Gasteiger partial charge in [-0.05, 0) is 18.2 Å². The molecule has 5 nitrogen and oxygen atoms in total. The maximum atomic E-state index is 11.5. The number of carbonyl (C=O) groups excluding carboxylic acids is 1. The SMILES string of the molecule is NC(N)=NCCOC(=O)c1cccc(Br)c1. The molecule has 0 saturated carbocycles. The molecule has 0 spiro atoms. The molecule has 0 unspecified atom stereocenters. The molecule has 0 amide bonds. The molecule has 0 radical (unpaired) electrons. The third kappa shape index (κ3) is 4.31. The summed E-state index contributed by atoms with van der Waals surface area (Å²) in [4.78, 5) is 15.2. The highest BCUT2D eigenvalue weighted by atomic mass is 79.9. The van der Waals surface area contributed by atoms with E-state index in [4.69, 9.17) is 16.2 Å². The van der Waals surface area contributed by atoms with Crippen LogP contribution in [0.25, 0.3) is 0 Å². The van der Waals surface area contributed by atoms with Crippen molar-refractivity contribution in [1.82, 2.24) is 0 Å². The molecule has 0 saturated heterocycles. The Labute approximate surface area is 102 Å². The smallest absolute Gasteiger partial charge is 0.338 e. The number of aliphatic imine (C=N–C) groups is 1. The van der Waals surface area contributed by atoms with Crippen molar-refractivity contribution in [3.8, 4) is 0 Å². The first-order valence-electron chi connectivity index (χ1n) is 4.57. The number of ether oxygens (including phenoxy) is 1. The molecular weight excluding hydrogens is 274 g/mol. The highest BCUT2D eigenvalue weighted by molar-refractivity contribution is 9.10. The summed E-state index contributed by atoms with van der Waals surface area (Å²) in [6, 6.07) is 6.95. The van der Waals surface area contributed by atoms with E-state index in [2.05, 4.69) is 20.9 Å². The Bertz CT molecular complexity index is 403. The predicted octanol–water partition coefficient (Wildman–Crippen LogP) is 0.879. The summed E-state index contributed by atoms with van der Waals surface area (Å²) in [6.07, 6.45) is 0. The standard InChI is InChI=1S/C10H12BrN3O2/c11-8-3-1-2-7(6-8)9(15)16-5-4-14-10(12)13/h1-3,6H,4-5H2,(H4,12,13,14). The largest absolute Gasteiger partial charge is 0.460 e. The van der Waals surface area contributed by atoms with E-state index < -0.39 is 5.97 Å². The maximum Gasteiger partial charge on any atom is 0.338 e. The zero-order valence-corrected chi connectivity index (χ0v) is 10.1. The summed E-state index contributed by atoms with van der Waals surface area (Å²) in [6.45, 7) is 0.422. The molecule has 16 heavy (non-hydrogen) atoms. The molecule has 1 aromatic carbocycles. The number of rotatable bonds is 4. The Balaban J connectivity index is 2.44.